The quantitative estimate of drug-likeness (QED) is 0.468. The number of rotatable bonds is 9. The van der Waals surface area contributed by atoms with E-state index < -0.39 is 0 Å². The topological polar surface area (TPSA) is 67.9 Å². The summed E-state index contributed by atoms with van der Waals surface area (Å²) in [4.78, 5) is 26.1. The molecule has 3 rings (SSSR count). The van der Waals surface area contributed by atoms with Crippen molar-refractivity contribution >= 4 is 23.3 Å². The predicted molar refractivity (Wildman–Crippen MR) is 121 cm³/mol. The maximum Gasteiger partial charge on any atom is 0.251 e. The number of nitrogens with zero attached hydrogens (tertiary/aromatic N) is 1. The Morgan fingerprint density at radius 3 is 2.58 bits per heavy atom. The molecule has 7 heteroatoms. The lowest BCUT2D eigenvalue weighted by Crippen LogP contribution is -2.37. The van der Waals surface area contributed by atoms with E-state index in [1.807, 2.05) is 18.2 Å². The van der Waals surface area contributed by atoms with E-state index in [9.17, 15) is 9.59 Å². The molecule has 1 aliphatic heterocycles. The van der Waals surface area contributed by atoms with E-state index >= 15 is 0 Å². The summed E-state index contributed by atoms with van der Waals surface area (Å²) in [6.07, 6.45) is 1.86. The number of amides is 1. The van der Waals surface area contributed by atoms with E-state index in [1.165, 1.54) is 0 Å². The highest BCUT2D eigenvalue weighted by Crippen LogP contribution is 2.28. The van der Waals surface area contributed by atoms with E-state index in [0.717, 1.165) is 43.6 Å². The van der Waals surface area contributed by atoms with Crippen molar-refractivity contribution in [3.8, 4) is 5.75 Å². The highest BCUT2D eigenvalue weighted by molar-refractivity contribution is 6.32. The monoisotopic (exact) mass is 444 g/mol. The van der Waals surface area contributed by atoms with Crippen molar-refractivity contribution in [2.45, 2.75) is 32.4 Å². The smallest absolute Gasteiger partial charge is 0.251 e. The van der Waals surface area contributed by atoms with E-state index in [1.54, 1.807) is 32.2 Å². The average Bonchev–Trinajstić information content (AvgIpc) is 2.76. The van der Waals surface area contributed by atoms with Crippen LogP contribution in [-0.4, -0.2) is 56.0 Å². The molecular formula is C24H29ClN2O4. The summed E-state index contributed by atoms with van der Waals surface area (Å²) in [5, 5.41) is 3.21. The molecule has 1 aliphatic rings. The Morgan fingerprint density at radius 1 is 1.13 bits per heavy atom. The van der Waals surface area contributed by atoms with Crippen molar-refractivity contribution in [2.75, 3.05) is 33.4 Å². The van der Waals surface area contributed by atoms with Gasteiger partial charge in [0.1, 0.15) is 11.9 Å². The van der Waals surface area contributed by atoms with E-state index in [4.69, 9.17) is 21.1 Å². The number of ketones is 1. The van der Waals surface area contributed by atoms with Gasteiger partial charge in [-0.1, -0.05) is 29.8 Å². The number of Topliss-reactive ketones (excluding diaryl/α,β-unsaturated/α-hetero) is 1. The highest BCUT2D eigenvalue weighted by atomic mass is 35.5. The van der Waals surface area contributed by atoms with Crippen LogP contribution in [0.25, 0.3) is 0 Å². The number of hydrogen-bond acceptors (Lipinski definition) is 5. The Bertz CT molecular complexity index is 910. The van der Waals surface area contributed by atoms with Gasteiger partial charge in [-0.15, -0.1) is 0 Å². The minimum atomic E-state index is -0.187. The van der Waals surface area contributed by atoms with Crippen LogP contribution >= 0.6 is 11.6 Å². The number of benzene rings is 2. The average molecular weight is 445 g/mol. The number of likely N-dealkylation sites (tertiary alicyclic amines) is 1. The van der Waals surface area contributed by atoms with E-state index in [-0.39, 0.29) is 17.8 Å². The van der Waals surface area contributed by atoms with Gasteiger partial charge in [0.25, 0.3) is 5.91 Å². The van der Waals surface area contributed by atoms with Crippen molar-refractivity contribution in [2.24, 2.45) is 0 Å². The summed E-state index contributed by atoms with van der Waals surface area (Å²) in [5.74, 6) is 0.500. The minimum Gasteiger partial charge on any atom is -0.489 e. The third-order valence-corrected chi connectivity index (χ3v) is 5.65. The molecule has 0 spiro atoms. The van der Waals surface area contributed by atoms with Gasteiger partial charge < -0.3 is 14.8 Å². The normalized spacial score (nSPS) is 14.9. The van der Waals surface area contributed by atoms with Gasteiger partial charge in [0.2, 0.25) is 0 Å². The zero-order valence-electron chi connectivity index (χ0n) is 18.0. The van der Waals surface area contributed by atoms with Crippen LogP contribution < -0.4 is 10.1 Å². The molecule has 0 atom stereocenters. The van der Waals surface area contributed by atoms with Crippen molar-refractivity contribution in [1.29, 1.82) is 0 Å². The molecule has 0 unspecified atom stereocenters. The molecule has 0 bridgehead atoms. The number of nitrogens with one attached hydrogen (secondary N) is 1. The van der Waals surface area contributed by atoms with Gasteiger partial charge >= 0.3 is 0 Å². The van der Waals surface area contributed by atoms with E-state index in [0.29, 0.717) is 29.5 Å². The Labute approximate surface area is 188 Å². The summed E-state index contributed by atoms with van der Waals surface area (Å²) in [7, 11) is 1.59. The van der Waals surface area contributed by atoms with Crippen LogP contribution in [0, 0.1) is 0 Å². The molecule has 6 nitrogen and oxygen atoms in total. The van der Waals surface area contributed by atoms with Crippen LogP contribution in [0.4, 0.5) is 0 Å². The van der Waals surface area contributed by atoms with Gasteiger partial charge in [-0.05, 0) is 49.6 Å². The fourth-order valence-corrected chi connectivity index (χ4v) is 3.84. The molecular weight excluding hydrogens is 416 g/mol. The SMILES string of the molecule is COCCNC(=O)c1ccc(OC2CCN(Cc3cccc(C(C)=O)c3)CC2)c(Cl)c1. The first-order valence-electron chi connectivity index (χ1n) is 10.5. The van der Waals surface area contributed by atoms with Crippen molar-refractivity contribution in [3.63, 3.8) is 0 Å². The lowest BCUT2D eigenvalue weighted by atomic mass is 10.0. The lowest BCUT2D eigenvalue weighted by molar-refractivity contribution is 0.0935. The van der Waals surface area contributed by atoms with Crippen molar-refractivity contribution in [3.05, 3.63) is 64.2 Å². The minimum absolute atomic E-state index is 0.0821. The second-order valence-corrected chi connectivity index (χ2v) is 8.15. The first-order valence-corrected chi connectivity index (χ1v) is 10.9. The molecule has 1 fully saturated rings. The molecule has 1 heterocycles. The summed E-state index contributed by atoms with van der Waals surface area (Å²) in [5.41, 5.74) is 2.40. The predicted octanol–water partition coefficient (Wildman–Crippen LogP) is 3.96. The van der Waals surface area contributed by atoms with Crippen molar-refractivity contribution in [1.82, 2.24) is 10.2 Å². The largest absolute Gasteiger partial charge is 0.489 e. The number of halogens is 1. The first kappa shape index (κ1) is 23.3. The van der Waals surface area contributed by atoms with Crippen LogP contribution in [0.1, 0.15) is 46.0 Å². The van der Waals surface area contributed by atoms with Crippen LogP contribution in [0.5, 0.6) is 5.75 Å². The molecule has 1 saturated heterocycles. The first-order chi connectivity index (χ1) is 15.0. The Kier molecular flexibility index (Phi) is 8.46. The third-order valence-electron chi connectivity index (χ3n) is 5.35. The molecule has 31 heavy (non-hydrogen) atoms. The highest BCUT2D eigenvalue weighted by Gasteiger charge is 2.22. The van der Waals surface area contributed by atoms with Crippen LogP contribution in [0.15, 0.2) is 42.5 Å². The molecule has 0 aliphatic carbocycles. The molecule has 166 valence electrons. The second kappa shape index (κ2) is 11.3. The number of hydrogen-bond donors (Lipinski definition) is 1. The molecule has 2 aromatic carbocycles. The van der Waals surface area contributed by atoms with Crippen LogP contribution in [0.2, 0.25) is 5.02 Å². The van der Waals surface area contributed by atoms with Crippen molar-refractivity contribution < 1.29 is 19.1 Å². The molecule has 0 saturated carbocycles. The number of carbonyl (C=O) groups is 2. The summed E-state index contributed by atoms with van der Waals surface area (Å²) >= 11 is 6.36. The third kappa shape index (κ3) is 6.79. The number of carbonyl (C=O) groups excluding carboxylic acids is 2. The Balaban J connectivity index is 1.50. The second-order valence-electron chi connectivity index (χ2n) is 7.74. The van der Waals surface area contributed by atoms with Gasteiger partial charge in [-0.2, -0.15) is 0 Å². The molecule has 0 aromatic heterocycles. The van der Waals surface area contributed by atoms with Gasteiger partial charge in [0.15, 0.2) is 5.78 Å². The molecule has 1 N–H and O–H groups in total. The number of methoxy groups -OCH3 is 1. The number of piperidine rings is 1. The lowest BCUT2D eigenvalue weighted by Gasteiger charge is -2.32. The molecule has 2 aromatic rings. The zero-order chi connectivity index (χ0) is 22.2. The maximum absolute atomic E-state index is 12.1. The number of ether oxygens (including phenoxy) is 2. The molecule has 1 amide bonds. The standard InChI is InChI=1S/C24H29ClN2O4/c1-17(28)19-5-3-4-18(14-19)16-27-11-8-21(9-12-27)31-23-7-6-20(15-22(23)25)24(29)26-10-13-30-2/h3-7,14-15,21H,8-13,16H2,1-2H3,(H,26,29). The summed E-state index contributed by atoms with van der Waals surface area (Å²) < 4.78 is 11.0. The maximum atomic E-state index is 12.1. The Morgan fingerprint density at radius 2 is 1.90 bits per heavy atom. The summed E-state index contributed by atoms with van der Waals surface area (Å²) in [6.45, 7) is 5.14. The van der Waals surface area contributed by atoms with Gasteiger partial charge in [-0.3, -0.25) is 14.5 Å². The van der Waals surface area contributed by atoms with Gasteiger partial charge in [0, 0.05) is 44.4 Å². The zero-order valence-corrected chi connectivity index (χ0v) is 18.8. The van der Waals surface area contributed by atoms with E-state index in [2.05, 4.69) is 16.3 Å². The van der Waals surface area contributed by atoms with Gasteiger partial charge in [-0.25, -0.2) is 0 Å². The Hall–Kier alpha value is -2.41. The molecule has 0 radical (unpaired) electrons. The fraction of sp³-hybridized carbons (Fsp3) is 0.417. The van der Waals surface area contributed by atoms with Gasteiger partial charge in [0.05, 0.1) is 11.6 Å². The van der Waals surface area contributed by atoms with Crippen LogP contribution in [0.3, 0.4) is 0 Å². The van der Waals surface area contributed by atoms with Crippen LogP contribution in [-0.2, 0) is 11.3 Å². The summed E-state index contributed by atoms with van der Waals surface area (Å²) in [6, 6.07) is 12.9. The fourth-order valence-electron chi connectivity index (χ4n) is 3.62.